The largest absolute Gasteiger partial charge is 0.388 e. The SMILES string of the molecule is C=C(CC)c1ccccc1.CC.COC. The number of rotatable bonds is 2. The standard InChI is InChI=1S/C10H12.C2H6O.C2H6/c1-3-9(2)10-7-5-4-6-8-10;1-3-2;1-2/h4-8H,2-3H2,1H3;1-2H3;1-2H3. The molecular formula is C14H24O. The molecule has 0 atom stereocenters. The minimum Gasteiger partial charge on any atom is -0.388 e. The molecule has 0 aliphatic heterocycles. The number of benzene rings is 1. The van der Waals surface area contributed by atoms with Crippen LogP contribution in [0.25, 0.3) is 5.57 Å². The van der Waals surface area contributed by atoms with E-state index >= 15 is 0 Å². The fourth-order valence-corrected chi connectivity index (χ4v) is 0.878. The quantitative estimate of drug-likeness (QED) is 0.700. The average molecular weight is 208 g/mol. The number of ether oxygens (including phenoxy) is 1. The maximum absolute atomic E-state index is 4.25. The smallest absolute Gasteiger partial charge is 0.0351 e. The van der Waals surface area contributed by atoms with E-state index in [1.165, 1.54) is 11.1 Å². The normalized spacial score (nSPS) is 7.80. The number of allylic oxidation sites excluding steroid dienone is 1. The van der Waals surface area contributed by atoms with E-state index in [1.54, 1.807) is 14.2 Å². The van der Waals surface area contributed by atoms with Gasteiger partial charge < -0.3 is 4.74 Å². The fourth-order valence-electron chi connectivity index (χ4n) is 0.878. The number of methoxy groups -OCH3 is 1. The maximum Gasteiger partial charge on any atom is 0.0351 e. The van der Waals surface area contributed by atoms with Crippen molar-refractivity contribution in [2.24, 2.45) is 0 Å². The van der Waals surface area contributed by atoms with Gasteiger partial charge in [0.05, 0.1) is 0 Å². The van der Waals surface area contributed by atoms with Crippen LogP contribution in [0.1, 0.15) is 32.8 Å². The third-order valence-electron chi connectivity index (χ3n) is 1.61. The Morgan fingerprint density at radius 1 is 1.13 bits per heavy atom. The molecule has 0 fully saturated rings. The highest BCUT2D eigenvalue weighted by Crippen LogP contribution is 2.13. The highest BCUT2D eigenvalue weighted by molar-refractivity contribution is 5.62. The molecule has 15 heavy (non-hydrogen) atoms. The van der Waals surface area contributed by atoms with Crippen molar-refractivity contribution in [3.05, 3.63) is 42.5 Å². The second-order valence-corrected chi connectivity index (χ2v) is 2.73. The zero-order chi connectivity index (χ0) is 12.1. The van der Waals surface area contributed by atoms with E-state index in [0.29, 0.717) is 0 Å². The molecule has 1 nitrogen and oxygen atoms in total. The van der Waals surface area contributed by atoms with Gasteiger partial charge in [-0.05, 0) is 17.6 Å². The second kappa shape index (κ2) is 12.9. The molecule has 0 N–H and O–H groups in total. The Balaban J connectivity index is 0. The summed E-state index contributed by atoms with van der Waals surface area (Å²) in [6.07, 6.45) is 1.03. The summed E-state index contributed by atoms with van der Waals surface area (Å²) < 4.78 is 4.25. The predicted molar refractivity (Wildman–Crippen MR) is 70.0 cm³/mol. The van der Waals surface area contributed by atoms with Crippen LogP contribution in [0.2, 0.25) is 0 Å². The van der Waals surface area contributed by atoms with Crippen LogP contribution in [0.4, 0.5) is 0 Å². The molecule has 0 radical (unpaired) electrons. The molecule has 0 aliphatic carbocycles. The predicted octanol–water partition coefficient (Wildman–Crippen LogP) is 4.40. The molecule has 0 spiro atoms. The fraction of sp³-hybridized carbons (Fsp3) is 0.429. The van der Waals surface area contributed by atoms with Gasteiger partial charge in [0.25, 0.3) is 0 Å². The molecular weight excluding hydrogens is 184 g/mol. The van der Waals surface area contributed by atoms with E-state index in [-0.39, 0.29) is 0 Å². The van der Waals surface area contributed by atoms with Crippen LogP contribution in [0.15, 0.2) is 36.9 Å². The Kier molecular flexibility index (Phi) is 14.1. The summed E-state index contributed by atoms with van der Waals surface area (Å²) in [4.78, 5) is 0. The summed E-state index contributed by atoms with van der Waals surface area (Å²) in [5.74, 6) is 0. The van der Waals surface area contributed by atoms with Gasteiger partial charge in [-0.15, -0.1) is 0 Å². The molecule has 0 unspecified atom stereocenters. The second-order valence-electron chi connectivity index (χ2n) is 2.73. The van der Waals surface area contributed by atoms with Gasteiger partial charge in [0.15, 0.2) is 0 Å². The van der Waals surface area contributed by atoms with Gasteiger partial charge in [0, 0.05) is 14.2 Å². The first-order valence-corrected chi connectivity index (χ1v) is 5.39. The van der Waals surface area contributed by atoms with Gasteiger partial charge in [-0.1, -0.05) is 57.7 Å². The summed E-state index contributed by atoms with van der Waals surface area (Å²) in [5.41, 5.74) is 2.46. The Morgan fingerprint density at radius 3 is 1.87 bits per heavy atom. The lowest BCUT2D eigenvalue weighted by Crippen LogP contribution is -1.77. The zero-order valence-electron chi connectivity index (χ0n) is 10.7. The molecule has 0 aromatic heterocycles. The Hall–Kier alpha value is -1.08. The zero-order valence-corrected chi connectivity index (χ0v) is 10.7. The molecule has 1 aromatic rings. The summed E-state index contributed by atoms with van der Waals surface area (Å²) in [6, 6.07) is 10.3. The van der Waals surface area contributed by atoms with E-state index in [9.17, 15) is 0 Å². The van der Waals surface area contributed by atoms with Crippen molar-refractivity contribution >= 4 is 5.57 Å². The molecule has 1 aromatic carbocycles. The van der Waals surface area contributed by atoms with E-state index in [1.807, 2.05) is 32.0 Å². The van der Waals surface area contributed by atoms with Gasteiger partial charge in [-0.2, -0.15) is 0 Å². The van der Waals surface area contributed by atoms with E-state index in [4.69, 9.17) is 0 Å². The lowest BCUT2D eigenvalue weighted by atomic mass is 10.1. The third-order valence-corrected chi connectivity index (χ3v) is 1.61. The van der Waals surface area contributed by atoms with Crippen molar-refractivity contribution in [2.75, 3.05) is 14.2 Å². The van der Waals surface area contributed by atoms with E-state index in [2.05, 4.69) is 30.4 Å². The van der Waals surface area contributed by atoms with E-state index in [0.717, 1.165) is 6.42 Å². The van der Waals surface area contributed by atoms with Gasteiger partial charge in [0.2, 0.25) is 0 Å². The van der Waals surface area contributed by atoms with Crippen molar-refractivity contribution in [2.45, 2.75) is 27.2 Å². The molecule has 0 saturated heterocycles. The summed E-state index contributed by atoms with van der Waals surface area (Å²) >= 11 is 0. The Bertz CT molecular complexity index is 226. The van der Waals surface area contributed by atoms with Crippen molar-refractivity contribution in [1.29, 1.82) is 0 Å². The molecule has 0 aliphatic rings. The van der Waals surface area contributed by atoms with Crippen LogP contribution in [0.3, 0.4) is 0 Å². The van der Waals surface area contributed by atoms with Crippen LogP contribution in [-0.2, 0) is 4.74 Å². The van der Waals surface area contributed by atoms with Gasteiger partial charge in [0.1, 0.15) is 0 Å². The van der Waals surface area contributed by atoms with Crippen LogP contribution in [0, 0.1) is 0 Å². The monoisotopic (exact) mass is 208 g/mol. The van der Waals surface area contributed by atoms with Crippen LogP contribution >= 0.6 is 0 Å². The van der Waals surface area contributed by atoms with Crippen LogP contribution < -0.4 is 0 Å². The van der Waals surface area contributed by atoms with Crippen LogP contribution in [0.5, 0.6) is 0 Å². The first kappa shape index (κ1) is 16.4. The minimum absolute atomic E-state index is 1.03. The lowest BCUT2D eigenvalue weighted by molar-refractivity contribution is 0.277. The molecule has 0 saturated carbocycles. The Labute approximate surface area is 94.8 Å². The maximum atomic E-state index is 4.25. The number of hydrogen-bond acceptors (Lipinski definition) is 1. The summed E-state index contributed by atoms with van der Waals surface area (Å²) in [6.45, 7) is 10.1. The van der Waals surface area contributed by atoms with Crippen molar-refractivity contribution in [3.8, 4) is 0 Å². The molecule has 0 amide bonds. The highest BCUT2D eigenvalue weighted by atomic mass is 16.4. The topological polar surface area (TPSA) is 9.23 Å². The number of hydrogen-bond donors (Lipinski definition) is 0. The third kappa shape index (κ3) is 9.23. The van der Waals surface area contributed by atoms with Crippen molar-refractivity contribution in [1.82, 2.24) is 0 Å². The summed E-state index contributed by atoms with van der Waals surface area (Å²) in [5, 5.41) is 0. The van der Waals surface area contributed by atoms with Crippen molar-refractivity contribution < 1.29 is 4.74 Å². The van der Waals surface area contributed by atoms with Gasteiger partial charge >= 0.3 is 0 Å². The molecule has 86 valence electrons. The molecule has 1 rings (SSSR count). The summed E-state index contributed by atoms with van der Waals surface area (Å²) in [7, 11) is 3.25. The first-order chi connectivity index (χ1) is 7.26. The molecule has 1 heteroatoms. The Morgan fingerprint density at radius 2 is 1.53 bits per heavy atom. The average Bonchev–Trinajstić information content (AvgIpc) is 2.33. The minimum atomic E-state index is 1.03. The van der Waals surface area contributed by atoms with E-state index < -0.39 is 0 Å². The van der Waals surface area contributed by atoms with Gasteiger partial charge in [-0.25, -0.2) is 0 Å². The lowest BCUT2D eigenvalue weighted by Gasteiger charge is -1.99. The van der Waals surface area contributed by atoms with Gasteiger partial charge in [-0.3, -0.25) is 0 Å². The molecule has 0 heterocycles. The van der Waals surface area contributed by atoms with Crippen LogP contribution in [-0.4, -0.2) is 14.2 Å². The first-order valence-electron chi connectivity index (χ1n) is 5.39. The van der Waals surface area contributed by atoms with Crippen molar-refractivity contribution in [3.63, 3.8) is 0 Å². The molecule has 0 bridgehead atoms. The highest BCUT2D eigenvalue weighted by Gasteiger charge is 1.91.